The Morgan fingerprint density at radius 2 is 1.35 bits per heavy atom. The quantitative estimate of drug-likeness (QED) is 0.144. The third-order valence-electron chi connectivity index (χ3n) is 6.84. The zero-order valence-corrected chi connectivity index (χ0v) is 25.0. The Balaban J connectivity index is 1.78. The number of fused-ring (bicyclic) bond motifs is 1. The van der Waals surface area contributed by atoms with Gasteiger partial charge in [0.05, 0.1) is 43.9 Å². The van der Waals surface area contributed by atoms with Gasteiger partial charge in [-0.1, -0.05) is 23.2 Å². The minimum Gasteiger partial charge on any atom is -0.321 e. The molecular formula is C31H11Cl2F9N4O3. The maximum absolute atomic E-state index is 14.2. The highest BCUT2D eigenvalue weighted by Gasteiger charge is 2.35. The van der Waals surface area contributed by atoms with E-state index in [2.05, 4.69) is 10.4 Å². The number of amides is 1. The summed E-state index contributed by atoms with van der Waals surface area (Å²) in [5.41, 5.74) is -8.48. The number of hydrogen-bond acceptors (Lipinski definition) is 5. The van der Waals surface area contributed by atoms with Crippen LogP contribution in [0, 0.1) is 28.8 Å². The van der Waals surface area contributed by atoms with Crippen LogP contribution in [0.2, 0.25) is 10.2 Å². The maximum Gasteiger partial charge on any atom is 0.416 e. The molecule has 1 aromatic heterocycles. The van der Waals surface area contributed by atoms with Gasteiger partial charge in [-0.15, -0.1) is 0 Å². The fourth-order valence-electron chi connectivity index (χ4n) is 4.72. The summed E-state index contributed by atoms with van der Waals surface area (Å²) < 4.78 is 123. The molecule has 1 N–H and O–H groups in total. The van der Waals surface area contributed by atoms with Crippen molar-refractivity contribution in [3.05, 3.63) is 127 Å². The first kappa shape index (κ1) is 34.9. The lowest BCUT2D eigenvalue weighted by molar-refractivity contribution is -0.138. The van der Waals surface area contributed by atoms with Crippen LogP contribution in [0.4, 0.5) is 45.2 Å². The second kappa shape index (κ2) is 12.6. The predicted octanol–water partition coefficient (Wildman–Crippen LogP) is 8.84. The van der Waals surface area contributed by atoms with Crippen LogP contribution in [0.15, 0.2) is 60.7 Å². The number of hydrogen-bond donors (Lipinski definition) is 1. The van der Waals surface area contributed by atoms with Gasteiger partial charge in [-0.25, -0.2) is 13.2 Å². The highest BCUT2D eigenvalue weighted by molar-refractivity contribution is 6.37. The molecule has 0 spiro atoms. The third kappa shape index (κ3) is 6.80. The fourth-order valence-corrected chi connectivity index (χ4v) is 5.19. The van der Waals surface area contributed by atoms with E-state index in [0.717, 1.165) is 18.2 Å². The molecule has 5 aromatic rings. The van der Waals surface area contributed by atoms with Gasteiger partial charge in [0, 0.05) is 16.7 Å². The van der Waals surface area contributed by atoms with Crippen LogP contribution in [0.3, 0.4) is 0 Å². The summed E-state index contributed by atoms with van der Waals surface area (Å²) in [5.74, 6) is -8.14. The van der Waals surface area contributed by atoms with Crippen molar-refractivity contribution >= 4 is 57.4 Å². The van der Waals surface area contributed by atoms with Crippen molar-refractivity contribution in [1.29, 1.82) is 5.26 Å². The summed E-state index contributed by atoms with van der Waals surface area (Å²) in [6.45, 7) is 0. The molecule has 5 rings (SSSR count). The zero-order chi connectivity index (χ0) is 36.2. The van der Waals surface area contributed by atoms with Crippen molar-refractivity contribution in [3.63, 3.8) is 0 Å². The number of carbonyl (C=O) groups is 3. The molecule has 4 aromatic carbocycles. The Labute approximate surface area is 277 Å². The molecule has 0 aliphatic heterocycles. The summed E-state index contributed by atoms with van der Waals surface area (Å²) in [6.07, 6.45) is -10.2. The van der Waals surface area contributed by atoms with Crippen molar-refractivity contribution < 1.29 is 53.9 Å². The van der Waals surface area contributed by atoms with Gasteiger partial charge in [0.25, 0.3) is 11.8 Å². The van der Waals surface area contributed by atoms with E-state index in [0.29, 0.717) is 22.9 Å². The third-order valence-corrected chi connectivity index (χ3v) is 7.43. The number of ketones is 1. The van der Waals surface area contributed by atoms with Gasteiger partial charge in [0.1, 0.15) is 23.5 Å². The average Bonchev–Trinajstić information content (AvgIpc) is 3.34. The van der Waals surface area contributed by atoms with Crippen LogP contribution < -0.4 is 5.32 Å². The van der Waals surface area contributed by atoms with Crippen LogP contribution in [-0.4, -0.2) is 27.4 Å². The Hall–Kier alpha value is -5.40. The Morgan fingerprint density at radius 3 is 1.92 bits per heavy atom. The summed E-state index contributed by atoms with van der Waals surface area (Å²) in [6, 6.07) is 6.45. The predicted molar refractivity (Wildman–Crippen MR) is 155 cm³/mol. The molecule has 0 bridgehead atoms. The van der Waals surface area contributed by atoms with E-state index < -0.39 is 108 Å². The van der Waals surface area contributed by atoms with Crippen LogP contribution in [0.1, 0.15) is 53.3 Å². The molecule has 0 unspecified atom stereocenters. The maximum atomic E-state index is 14.2. The minimum atomic E-state index is -5.11. The molecule has 0 atom stereocenters. The first-order valence-electron chi connectivity index (χ1n) is 13.1. The van der Waals surface area contributed by atoms with Gasteiger partial charge in [-0.3, -0.25) is 14.4 Å². The van der Waals surface area contributed by atoms with Crippen LogP contribution >= 0.6 is 23.2 Å². The molecule has 49 heavy (non-hydrogen) atoms. The number of anilines is 1. The molecule has 250 valence electrons. The van der Waals surface area contributed by atoms with Gasteiger partial charge in [-0.05, 0) is 60.7 Å². The van der Waals surface area contributed by atoms with Gasteiger partial charge in [0.15, 0.2) is 10.9 Å². The van der Waals surface area contributed by atoms with E-state index >= 15 is 0 Å². The number of rotatable bonds is 5. The first-order chi connectivity index (χ1) is 22.8. The van der Waals surface area contributed by atoms with Crippen molar-refractivity contribution in [3.8, 4) is 6.07 Å². The molecule has 0 aliphatic rings. The van der Waals surface area contributed by atoms with E-state index in [4.69, 9.17) is 23.2 Å². The molecule has 18 heteroatoms. The molecule has 7 nitrogen and oxygen atoms in total. The Kier molecular flexibility index (Phi) is 8.95. The van der Waals surface area contributed by atoms with Gasteiger partial charge >= 0.3 is 12.4 Å². The van der Waals surface area contributed by atoms with Crippen molar-refractivity contribution in [2.75, 3.05) is 5.32 Å². The zero-order valence-electron chi connectivity index (χ0n) is 23.5. The number of carbonyl (C=O) groups excluding carboxylic acids is 3. The standard InChI is InChI=1S/C31H11Cl2F9N4O3/c32-21-2-1-16(34)9-19(21)26(47)24-20(11-43)25-23(10-22(24)44-28(48)12-3-14(30(37,38)39)7-17(35)5-12)46(45-27(25)33)29(49)13-4-15(31(40,41)42)8-18(36)6-13/h1-10H,(H,44,48). The monoisotopic (exact) mass is 728 g/mol. The van der Waals surface area contributed by atoms with E-state index in [1.54, 1.807) is 6.07 Å². The van der Waals surface area contributed by atoms with Crippen molar-refractivity contribution in [2.45, 2.75) is 12.4 Å². The molecule has 0 saturated carbocycles. The van der Waals surface area contributed by atoms with Crippen molar-refractivity contribution in [1.82, 2.24) is 9.78 Å². The molecule has 0 aliphatic carbocycles. The fraction of sp³-hybridized carbons (Fsp3) is 0.0645. The normalized spacial score (nSPS) is 11.8. The van der Waals surface area contributed by atoms with E-state index in [9.17, 15) is 59.2 Å². The Bertz CT molecular complexity index is 2280. The number of nitrogens with zero attached hydrogens (tertiary/aromatic N) is 3. The lowest BCUT2D eigenvalue weighted by Crippen LogP contribution is -2.19. The number of nitrogens with one attached hydrogen (secondary N) is 1. The SMILES string of the molecule is N#Cc1c(C(=O)c2cc(F)ccc2Cl)c(NC(=O)c2cc(F)cc(C(F)(F)F)c2)cc2c1c(Cl)nn2C(=O)c1cc(F)cc(C(F)(F)F)c1. The number of benzene rings is 4. The molecule has 0 radical (unpaired) electrons. The average molecular weight is 729 g/mol. The van der Waals surface area contributed by atoms with Gasteiger partial charge in [-0.2, -0.15) is 41.4 Å². The lowest BCUT2D eigenvalue weighted by Gasteiger charge is -2.15. The minimum absolute atomic E-state index is 0.0975. The highest BCUT2D eigenvalue weighted by atomic mass is 35.5. The molecule has 1 amide bonds. The molecule has 0 saturated heterocycles. The topological polar surface area (TPSA) is 105 Å². The second-order valence-electron chi connectivity index (χ2n) is 10.0. The number of halogens is 11. The summed E-state index contributed by atoms with van der Waals surface area (Å²) in [4.78, 5) is 40.5. The van der Waals surface area contributed by atoms with E-state index in [-0.39, 0.29) is 29.3 Å². The summed E-state index contributed by atoms with van der Waals surface area (Å²) in [7, 11) is 0. The van der Waals surface area contributed by atoms with Crippen LogP contribution in [0.5, 0.6) is 0 Å². The largest absolute Gasteiger partial charge is 0.416 e. The number of nitriles is 1. The van der Waals surface area contributed by atoms with Crippen LogP contribution in [0.25, 0.3) is 10.9 Å². The highest BCUT2D eigenvalue weighted by Crippen LogP contribution is 2.38. The van der Waals surface area contributed by atoms with Crippen molar-refractivity contribution in [2.24, 2.45) is 0 Å². The molecular weight excluding hydrogens is 718 g/mol. The molecule has 0 fully saturated rings. The van der Waals surface area contributed by atoms with Gasteiger partial charge < -0.3 is 5.32 Å². The number of aromatic nitrogens is 2. The van der Waals surface area contributed by atoms with Gasteiger partial charge in [0.2, 0.25) is 0 Å². The first-order valence-corrected chi connectivity index (χ1v) is 13.8. The summed E-state index contributed by atoms with van der Waals surface area (Å²) >= 11 is 12.3. The molecule has 1 heterocycles. The number of alkyl halides is 6. The Morgan fingerprint density at radius 1 is 0.776 bits per heavy atom. The second-order valence-corrected chi connectivity index (χ2v) is 10.8. The smallest absolute Gasteiger partial charge is 0.321 e. The lowest BCUT2D eigenvalue weighted by atomic mass is 9.94. The van der Waals surface area contributed by atoms with Crippen LogP contribution in [-0.2, 0) is 12.4 Å². The van der Waals surface area contributed by atoms with E-state index in [1.807, 2.05) is 0 Å². The summed E-state index contributed by atoms with van der Waals surface area (Å²) in [5, 5.41) is 14.4. The van der Waals surface area contributed by atoms with E-state index in [1.165, 1.54) is 0 Å².